The van der Waals surface area contributed by atoms with Crippen LogP contribution in [0.1, 0.15) is 20.3 Å². The van der Waals surface area contributed by atoms with Crippen LogP contribution in [0, 0.1) is 34.5 Å². The second-order valence-electron chi connectivity index (χ2n) is 2.52. The lowest BCUT2D eigenvalue weighted by Crippen LogP contribution is -2.17. The standard InChI is InChI=1S/C8H11BrN2/c1-3-8(9)6(2)7(4-10)5-11/h6-8H,3H2,1-2H3. The number of hydrogen-bond donors (Lipinski definition) is 0. The van der Waals surface area contributed by atoms with E-state index in [1.807, 2.05) is 26.0 Å². The van der Waals surface area contributed by atoms with Crippen molar-refractivity contribution in [1.29, 1.82) is 10.5 Å². The van der Waals surface area contributed by atoms with Crippen molar-refractivity contribution in [2.75, 3.05) is 0 Å². The molecule has 0 N–H and O–H groups in total. The molecule has 0 aliphatic heterocycles. The maximum absolute atomic E-state index is 8.55. The number of halogens is 1. The molecule has 11 heavy (non-hydrogen) atoms. The Labute approximate surface area is 75.9 Å². The molecule has 2 atom stereocenters. The predicted octanol–water partition coefficient (Wildman–Crippen LogP) is 2.46. The molecule has 2 nitrogen and oxygen atoms in total. The van der Waals surface area contributed by atoms with Crippen molar-refractivity contribution in [2.45, 2.75) is 25.1 Å². The molecule has 0 amide bonds. The zero-order chi connectivity index (χ0) is 8.85. The summed E-state index contributed by atoms with van der Waals surface area (Å²) >= 11 is 3.42. The molecular weight excluding hydrogens is 204 g/mol. The van der Waals surface area contributed by atoms with Crippen LogP contribution in [0.15, 0.2) is 0 Å². The van der Waals surface area contributed by atoms with Gasteiger partial charge in [0.2, 0.25) is 0 Å². The molecule has 0 aromatic rings. The topological polar surface area (TPSA) is 47.6 Å². The van der Waals surface area contributed by atoms with Crippen molar-refractivity contribution in [1.82, 2.24) is 0 Å². The van der Waals surface area contributed by atoms with Gasteiger partial charge in [-0.05, 0) is 12.3 Å². The smallest absolute Gasteiger partial charge is 0.136 e. The summed E-state index contributed by atoms with van der Waals surface area (Å²) < 4.78 is 0. The minimum atomic E-state index is -0.487. The second kappa shape index (κ2) is 5.16. The van der Waals surface area contributed by atoms with Gasteiger partial charge < -0.3 is 0 Å². The summed E-state index contributed by atoms with van der Waals surface area (Å²) in [6.45, 7) is 3.95. The fraction of sp³-hybridized carbons (Fsp3) is 0.750. The molecule has 60 valence electrons. The molecule has 0 aliphatic rings. The van der Waals surface area contributed by atoms with Crippen LogP contribution in [0.5, 0.6) is 0 Å². The lowest BCUT2D eigenvalue weighted by molar-refractivity contribution is 0.490. The van der Waals surface area contributed by atoms with Gasteiger partial charge in [-0.3, -0.25) is 0 Å². The Morgan fingerprint density at radius 2 is 1.82 bits per heavy atom. The molecule has 0 heterocycles. The molecule has 0 saturated heterocycles. The third kappa shape index (κ3) is 2.91. The van der Waals surface area contributed by atoms with Gasteiger partial charge in [-0.1, -0.05) is 29.8 Å². The zero-order valence-electron chi connectivity index (χ0n) is 6.71. The maximum Gasteiger partial charge on any atom is 0.136 e. The minimum Gasteiger partial charge on any atom is -0.197 e. The van der Waals surface area contributed by atoms with Crippen LogP contribution in [0.25, 0.3) is 0 Å². The molecule has 0 aromatic carbocycles. The molecular formula is C8H11BrN2. The van der Waals surface area contributed by atoms with Crippen LogP contribution in [0.4, 0.5) is 0 Å². The van der Waals surface area contributed by atoms with Crippen LogP contribution in [0.3, 0.4) is 0 Å². The Morgan fingerprint density at radius 1 is 1.36 bits per heavy atom. The van der Waals surface area contributed by atoms with E-state index < -0.39 is 5.92 Å². The van der Waals surface area contributed by atoms with Crippen molar-refractivity contribution in [3.63, 3.8) is 0 Å². The Balaban J connectivity index is 4.14. The Morgan fingerprint density at radius 3 is 2.09 bits per heavy atom. The highest BCUT2D eigenvalue weighted by Crippen LogP contribution is 2.22. The SMILES string of the molecule is CCC(Br)C(C)C(C#N)C#N. The molecule has 0 spiro atoms. The first kappa shape index (κ1) is 10.5. The van der Waals surface area contributed by atoms with Gasteiger partial charge in [0.1, 0.15) is 5.92 Å². The fourth-order valence-corrected chi connectivity index (χ4v) is 1.15. The van der Waals surface area contributed by atoms with Crippen LogP contribution >= 0.6 is 15.9 Å². The van der Waals surface area contributed by atoms with Gasteiger partial charge in [-0.25, -0.2) is 0 Å². The van der Waals surface area contributed by atoms with Gasteiger partial charge in [0.15, 0.2) is 0 Å². The predicted molar refractivity (Wildman–Crippen MR) is 46.9 cm³/mol. The van der Waals surface area contributed by atoms with Crippen molar-refractivity contribution in [3.05, 3.63) is 0 Å². The lowest BCUT2D eigenvalue weighted by Gasteiger charge is -2.16. The Bertz CT molecular complexity index is 175. The van der Waals surface area contributed by atoms with Gasteiger partial charge in [0.05, 0.1) is 12.1 Å². The molecule has 0 bridgehead atoms. The molecule has 0 radical (unpaired) electrons. The fourth-order valence-electron chi connectivity index (χ4n) is 0.845. The lowest BCUT2D eigenvalue weighted by atomic mass is 9.93. The van der Waals surface area contributed by atoms with Gasteiger partial charge in [-0.15, -0.1) is 0 Å². The summed E-state index contributed by atoms with van der Waals surface area (Å²) in [6, 6.07) is 3.95. The first-order valence-corrected chi connectivity index (χ1v) is 4.52. The maximum atomic E-state index is 8.55. The third-order valence-electron chi connectivity index (χ3n) is 1.76. The monoisotopic (exact) mass is 214 g/mol. The van der Waals surface area contributed by atoms with E-state index in [0.717, 1.165) is 6.42 Å². The summed E-state index contributed by atoms with van der Waals surface area (Å²) in [5, 5.41) is 17.1. The Hall–Kier alpha value is -0.540. The van der Waals surface area contributed by atoms with E-state index >= 15 is 0 Å². The quantitative estimate of drug-likeness (QED) is 0.679. The van der Waals surface area contributed by atoms with Crippen LogP contribution in [-0.2, 0) is 0 Å². The van der Waals surface area contributed by atoms with Gasteiger partial charge in [0, 0.05) is 4.83 Å². The second-order valence-corrected chi connectivity index (χ2v) is 3.70. The average molecular weight is 215 g/mol. The van der Waals surface area contributed by atoms with E-state index in [0.29, 0.717) is 0 Å². The molecule has 3 heteroatoms. The molecule has 0 aliphatic carbocycles. The summed E-state index contributed by atoms with van der Waals surface area (Å²) in [5.41, 5.74) is 0. The van der Waals surface area contributed by atoms with E-state index in [1.54, 1.807) is 0 Å². The third-order valence-corrected chi connectivity index (χ3v) is 3.25. The van der Waals surface area contributed by atoms with Gasteiger partial charge in [0.25, 0.3) is 0 Å². The number of hydrogen-bond acceptors (Lipinski definition) is 2. The normalized spacial score (nSPS) is 15.1. The van der Waals surface area contributed by atoms with Gasteiger partial charge >= 0.3 is 0 Å². The molecule has 0 fully saturated rings. The first-order valence-electron chi connectivity index (χ1n) is 3.60. The summed E-state index contributed by atoms with van der Waals surface area (Å²) in [4.78, 5) is 0.270. The number of nitrogens with zero attached hydrogens (tertiary/aromatic N) is 2. The van der Waals surface area contributed by atoms with E-state index in [9.17, 15) is 0 Å². The number of rotatable bonds is 3. The van der Waals surface area contributed by atoms with E-state index in [1.165, 1.54) is 0 Å². The number of alkyl halides is 1. The van der Waals surface area contributed by atoms with E-state index in [2.05, 4.69) is 15.9 Å². The highest BCUT2D eigenvalue weighted by atomic mass is 79.9. The summed E-state index contributed by atoms with van der Waals surface area (Å²) in [6.07, 6.45) is 0.945. The Kier molecular flexibility index (Phi) is 4.90. The number of nitriles is 2. The molecule has 0 rings (SSSR count). The molecule has 0 saturated carbocycles. The van der Waals surface area contributed by atoms with Crippen LogP contribution < -0.4 is 0 Å². The van der Waals surface area contributed by atoms with Crippen LogP contribution in [0.2, 0.25) is 0 Å². The largest absolute Gasteiger partial charge is 0.197 e. The molecule has 0 aromatic heterocycles. The minimum absolute atomic E-state index is 0.106. The van der Waals surface area contributed by atoms with Crippen molar-refractivity contribution in [2.24, 2.45) is 11.8 Å². The zero-order valence-corrected chi connectivity index (χ0v) is 8.30. The summed E-state index contributed by atoms with van der Waals surface area (Å²) in [7, 11) is 0. The first-order chi connectivity index (χ1) is 5.17. The van der Waals surface area contributed by atoms with Crippen molar-refractivity contribution in [3.8, 4) is 12.1 Å². The summed E-state index contributed by atoms with van der Waals surface area (Å²) in [5.74, 6) is -0.380. The van der Waals surface area contributed by atoms with E-state index in [-0.39, 0.29) is 10.7 Å². The van der Waals surface area contributed by atoms with Crippen LogP contribution in [-0.4, -0.2) is 4.83 Å². The average Bonchev–Trinajstić information content (AvgIpc) is 2.05. The van der Waals surface area contributed by atoms with Crippen molar-refractivity contribution < 1.29 is 0 Å². The highest BCUT2D eigenvalue weighted by molar-refractivity contribution is 9.09. The van der Waals surface area contributed by atoms with Crippen molar-refractivity contribution >= 4 is 15.9 Å². The highest BCUT2D eigenvalue weighted by Gasteiger charge is 2.21. The molecule has 2 unspecified atom stereocenters. The van der Waals surface area contributed by atoms with E-state index in [4.69, 9.17) is 10.5 Å². The van der Waals surface area contributed by atoms with Gasteiger partial charge in [-0.2, -0.15) is 10.5 Å².